The van der Waals surface area contributed by atoms with Gasteiger partial charge in [-0.05, 0) is 58.1 Å². The number of nitrogens with zero attached hydrogens (tertiary/aromatic N) is 4. The van der Waals surface area contributed by atoms with Crippen molar-refractivity contribution in [1.29, 1.82) is 0 Å². The van der Waals surface area contributed by atoms with E-state index < -0.39 is 0 Å². The van der Waals surface area contributed by atoms with Gasteiger partial charge in [0.05, 0.1) is 17.1 Å². The predicted molar refractivity (Wildman–Crippen MR) is 111 cm³/mol. The molecule has 0 spiro atoms. The van der Waals surface area contributed by atoms with Gasteiger partial charge in [0.2, 0.25) is 0 Å². The van der Waals surface area contributed by atoms with Gasteiger partial charge in [-0.3, -0.25) is 4.79 Å². The number of aromatic nitrogens is 3. The second-order valence-corrected chi connectivity index (χ2v) is 8.23. The molecular weight excluding hydrogens is 348 g/mol. The molecule has 0 saturated heterocycles. The van der Waals surface area contributed by atoms with E-state index in [9.17, 15) is 4.79 Å². The molecule has 1 aromatic carbocycles. The van der Waals surface area contributed by atoms with Crippen molar-refractivity contribution >= 4 is 16.9 Å². The van der Waals surface area contributed by atoms with Crippen LogP contribution in [0.2, 0.25) is 0 Å². The van der Waals surface area contributed by atoms with Crippen LogP contribution in [0.25, 0.3) is 11.0 Å². The lowest BCUT2D eigenvalue weighted by Crippen LogP contribution is -2.39. The van der Waals surface area contributed by atoms with E-state index in [0.717, 1.165) is 22.3 Å². The van der Waals surface area contributed by atoms with Crippen LogP contribution in [0, 0.1) is 12.8 Å². The molecule has 1 saturated carbocycles. The second kappa shape index (κ2) is 7.38. The molecule has 0 bridgehead atoms. The maximum atomic E-state index is 13.7. The van der Waals surface area contributed by atoms with Gasteiger partial charge in [0.15, 0.2) is 5.65 Å². The summed E-state index contributed by atoms with van der Waals surface area (Å²) >= 11 is 0. The average molecular weight is 377 g/mol. The van der Waals surface area contributed by atoms with E-state index in [-0.39, 0.29) is 18.0 Å². The fraction of sp³-hybridized carbons (Fsp3) is 0.435. The Kier molecular flexibility index (Phi) is 4.92. The Labute approximate surface area is 166 Å². The highest BCUT2D eigenvalue weighted by Gasteiger charge is 2.35. The molecule has 1 fully saturated rings. The van der Waals surface area contributed by atoms with Crippen LogP contribution in [-0.2, 0) is 6.54 Å². The number of carbonyl (C=O) groups excluding carboxylic acids is 1. The van der Waals surface area contributed by atoms with E-state index in [1.165, 1.54) is 12.8 Å². The SMILES string of the molecule is Cc1cc(C(=O)N(Cc2ccccc2)C(C)C2CC2)c2cnn(C(C)C)c2n1. The van der Waals surface area contributed by atoms with Crippen molar-refractivity contribution in [3.8, 4) is 0 Å². The Hall–Kier alpha value is -2.69. The monoisotopic (exact) mass is 376 g/mol. The fourth-order valence-electron chi connectivity index (χ4n) is 3.87. The fourth-order valence-corrected chi connectivity index (χ4v) is 3.87. The van der Waals surface area contributed by atoms with E-state index in [1.54, 1.807) is 6.20 Å². The lowest BCUT2D eigenvalue weighted by molar-refractivity contribution is 0.0656. The summed E-state index contributed by atoms with van der Waals surface area (Å²) in [6.07, 6.45) is 4.20. The van der Waals surface area contributed by atoms with E-state index >= 15 is 0 Å². The van der Waals surface area contributed by atoms with Crippen molar-refractivity contribution in [3.63, 3.8) is 0 Å². The van der Waals surface area contributed by atoms with Gasteiger partial charge in [-0.15, -0.1) is 0 Å². The smallest absolute Gasteiger partial charge is 0.255 e. The quantitative estimate of drug-likeness (QED) is 0.623. The number of hydrogen-bond acceptors (Lipinski definition) is 3. The molecule has 5 heteroatoms. The number of amides is 1. The zero-order valence-electron chi connectivity index (χ0n) is 17.1. The van der Waals surface area contributed by atoms with Gasteiger partial charge in [-0.2, -0.15) is 5.10 Å². The van der Waals surface area contributed by atoms with E-state index in [1.807, 2.05) is 40.8 Å². The summed E-state index contributed by atoms with van der Waals surface area (Å²) in [7, 11) is 0. The van der Waals surface area contributed by atoms with Crippen LogP contribution >= 0.6 is 0 Å². The molecule has 1 amide bonds. The molecule has 0 radical (unpaired) electrons. The summed E-state index contributed by atoms with van der Waals surface area (Å²) in [6.45, 7) is 8.91. The highest BCUT2D eigenvalue weighted by Crippen LogP contribution is 2.36. The van der Waals surface area contributed by atoms with Crippen LogP contribution in [0.4, 0.5) is 0 Å². The maximum absolute atomic E-state index is 13.7. The molecule has 1 unspecified atom stereocenters. The Bertz CT molecular complexity index is 989. The van der Waals surface area contributed by atoms with Crippen LogP contribution in [0.5, 0.6) is 0 Å². The summed E-state index contributed by atoms with van der Waals surface area (Å²) in [5.74, 6) is 0.673. The zero-order valence-corrected chi connectivity index (χ0v) is 17.1. The Morgan fingerprint density at radius 2 is 1.93 bits per heavy atom. The molecular formula is C23H28N4O. The molecule has 0 aliphatic heterocycles. The van der Waals surface area contributed by atoms with Crippen molar-refractivity contribution in [2.45, 2.75) is 59.2 Å². The second-order valence-electron chi connectivity index (χ2n) is 8.23. The lowest BCUT2D eigenvalue weighted by atomic mass is 10.1. The zero-order chi connectivity index (χ0) is 19.8. The van der Waals surface area contributed by atoms with E-state index in [2.05, 4.69) is 43.0 Å². The summed E-state index contributed by atoms with van der Waals surface area (Å²) in [5.41, 5.74) is 3.50. The first-order valence-electron chi connectivity index (χ1n) is 10.2. The van der Waals surface area contributed by atoms with Crippen molar-refractivity contribution in [1.82, 2.24) is 19.7 Å². The van der Waals surface area contributed by atoms with Crippen molar-refractivity contribution in [2.24, 2.45) is 5.92 Å². The summed E-state index contributed by atoms with van der Waals surface area (Å²) < 4.78 is 1.89. The third-order valence-electron chi connectivity index (χ3n) is 5.67. The number of hydrogen-bond donors (Lipinski definition) is 0. The molecule has 1 aliphatic carbocycles. The number of carbonyl (C=O) groups is 1. The molecule has 2 aromatic heterocycles. The van der Waals surface area contributed by atoms with Gasteiger partial charge < -0.3 is 4.90 Å². The summed E-state index contributed by atoms with van der Waals surface area (Å²) in [6, 6.07) is 12.6. The lowest BCUT2D eigenvalue weighted by Gasteiger charge is -2.30. The molecule has 5 nitrogen and oxygen atoms in total. The molecule has 4 rings (SSSR count). The summed E-state index contributed by atoms with van der Waals surface area (Å²) in [4.78, 5) is 20.4. The minimum atomic E-state index is 0.0714. The van der Waals surface area contributed by atoms with Crippen molar-refractivity contribution in [3.05, 3.63) is 59.4 Å². The molecule has 0 N–H and O–H groups in total. The van der Waals surface area contributed by atoms with Crippen LogP contribution in [0.3, 0.4) is 0 Å². The molecule has 146 valence electrons. The number of fused-ring (bicyclic) bond motifs is 1. The van der Waals surface area contributed by atoms with Crippen LogP contribution < -0.4 is 0 Å². The molecule has 28 heavy (non-hydrogen) atoms. The third kappa shape index (κ3) is 3.53. The topological polar surface area (TPSA) is 51.0 Å². The standard InChI is InChI=1S/C23H28N4O/c1-15(2)27-22-21(13-24-27)20(12-16(3)25-22)23(28)26(17(4)19-10-11-19)14-18-8-6-5-7-9-18/h5-9,12-13,15,17,19H,10-11,14H2,1-4H3. The number of rotatable bonds is 6. The normalized spacial score (nSPS) is 15.2. The van der Waals surface area contributed by atoms with Crippen molar-refractivity contribution in [2.75, 3.05) is 0 Å². The van der Waals surface area contributed by atoms with Gasteiger partial charge in [-0.25, -0.2) is 9.67 Å². The average Bonchev–Trinajstić information content (AvgIpc) is 3.44. The number of pyridine rings is 1. The minimum Gasteiger partial charge on any atom is -0.331 e. The van der Waals surface area contributed by atoms with Crippen molar-refractivity contribution < 1.29 is 4.79 Å². The molecule has 2 heterocycles. The largest absolute Gasteiger partial charge is 0.331 e. The highest BCUT2D eigenvalue weighted by atomic mass is 16.2. The molecule has 1 atom stereocenters. The van der Waals surface area contributed by atoms with Gasteiger partial charge in [0, 0.05) is 24.3 Å². The molecule has 1 aliphatic rings. The van der Waals surface area contributed by atoms with Crippen LogP contribution in [0.15, 0.2) is 42.6 Å². The van der Waals surface area contributed by atoms with Gasteiger partial charge >= 0.3 is 0 Å². The van der Waals surface area contributed by atoms with E-state index in [4.69, 9.17) is 0 Å². The Morgan fingerprint density at radius 3 is 2.57 bits per heavy atom. The van der Waals surface area contributed by atoms with Gasteiger partial charge in [0.25, 0.3) is 5.91 Å². The third-order valence-corrected chi connectivity index (χ3v) is 5.67. The number of aryl methyl sites for hydroxylation is 1. The predicted octanol–water partition coefficient (Wildman–Crippen LogP) is 4.76. The molecule has 3 aromatic rings. The van der Waals surface area contributed by atoms with Crippen LogP contribution in [-0.4, -0.2) is 31.6 Å². The van der Waals surface area contributed by atoms with E-state index in [0.29, 0.717) is 18.0 Å². The van der Waals surface area contributed by atoms with Crippen LogP contribution in [0.1, 0.15) is 61.3 Å². The minimum absolute atomic E-state index is 0.0714. The van der Waals surface area contributed by atoms with Gasteiger partial charge in [0.1, 0.15) is 0 Å². The maximum Gasteiger partial charge on any atom is 0.255 e. The Morgan fingerprint density at radius 1 is 1.21 bits per heavy atom. The number of benzene rings is 1. The first-order valence-corrected chi connectivity index (χ1v) is 10.2. The highest BCUT2D eigenvalue weighted by molar-refractivity contribution is 6.05. The summed E-state index contributed by atoms with van der Waals surface area (Å²) in [5, 5.41) is 5.34. The first-order chi connectivity index (χ1) is 13.5. The van der Waals surface area contributed by atoms with Gasteiger partial charge in [-0.1, -0.05) is 30.3 Å². The first kappa shape index (κ1) is 18.7. The Balaban J connectivity index is 1.76.